The van der Waals surface area contributed by atoms with Crippen LogP contribution in [-0.4, -0.2) is 49.5 Å². The maximum Gasteiger partial charge on any atom is 0.420 e. The molecular weight excluding hydrogens is 499 g/mol. The standard InChI is InChI=1S/C23H24F3N5O6/c1-13(11-29-21(33)22(6-7-22)30-20(32)18-9-19(35-3)31-37-18)28-12-15(10-27)36-17-5-4-14(34-2)8-16(17)23(24,25)26/h4-5,8-10,12H,1,6-7,11,27H2,2-3H3,(H,29,33)(H,30,32)/b15-10+,28-12-. The fourth-order valence-electron chi connectivity index (χ4n) is 3.00. The summed E-state index contributed by atoms with van der Waals surface area (Å²) in [5.41, 5.74) is 3.43. The lowest BCUT2D eigenvalue weighted by molar-refractivity contribution is -0.138. The smallest absolute Gasteiger partial charge is 0.420 e. The van der Waals surface area contributed by atoms with Gasteiger partial charge in [0.2, 0.25) is 11.7 Å². The molecule has 0 aliphatic heterocycles. The van der Waals surface area contributed by atoms with E-state index in [9.17, 15) is 22.8 Å². The van der Waals surface area contributed by atoms with Gasteiger partial charge in [0.1, 0.15) is 22.6 Å². The first-order chi connectivity index (χ1) is 17.5. The van der Waals surface area contributed by atoms with Crippen molar-refractivity contribution in [3.8, 4) is 17.4 Å². The summed E-state index contributed by atoms with van der Waals surface area (Å²) in [6.45, 7) is 3.57. The molecule has 2 aromatic rings. The first-order valence-electron chi connectivity index (χ1n) is 10.7. The van der Waals surface area contributed by atoms with Gasteiger partial charge >= 0.3 is 6.18 Å². The molecule has 198 valence electrons. The summed E-state index contributed by atoms with van der Waals surface area (Å²) in [4.78, 5) is 28.9. The molecule has 0 radical (unpaired) electrons. The number of rotatable bonds is 11. The molecule has 11 nitrogen and oxygen atoms in total. The molecule has 2 amide bonds. The fourth-order valence-corrected chi connectivity index (χ4v) is 3.00. The number of allylic oxidation sites excluding steroid dienone is 1. The third-order valence-corrected chi connectivity index (χ3v) is 5.17. The monoisotopic (exact) mass is 523 g/mol. The summed E-state index contributed by atoms with van der Waals surface area (Å²) in [6.07, 6.45) is -1.91. The van der Waals surface area contributed by atoms with Gasteiger partial charge in [0.25, 0.3) is 11.8 Å². The van der Waals surface area contributed by atoms with Gasteiger partial charge in [-0.25, -0.2) is 0 Å². The summed E-state index contributed by atoms with van der Waals surface area (Å²) >= 11 is 0. The Bertz CT molecular complexity index is 1230. The van der Waals surface area contributed by atoms with Gasteiger partial charge < -0.3 is 35.1 Å². The molecule has 0 bridgehead atoms. The molecule has 37 heavy (non-hydrogen) atoms. The second kappa shape index (κ2) is 11.1. The van der Waals surface area contributed by atoms with Gasteiger partial charge in [-0.05, 0) is 36.2 Å². The van der Waals surface area contributed by atoms with Crippen molar-refractivity contribution in [1.29, 1.82) is 0 Å². The predicted molar refractivity (Wildman–Crippen MR) is 124 cm³/mol. The zero-order chi connectivity index (χ0) is 27.2. The van der Waals surface area contributed by atoms with E-state index in [1.54, 1.807) is 0 Å². The van der Waals surface area contributed by atoms with Gasteiger partial charge in [0, 0.05) is 6.20 Å². The lowest BCUT2D eigenvalue weighted by Gasteiger charge is -2.16. The Labute approximate surface area is 209 Å². The molecule has 1 fully saturated rings. The number of carbonyl (C=O) groups is 2. The highest BCUT2D eigenvalue weighted by atomic mass is 19.4. The van der Waals surface area contributed by atoms with Crippen LogP contribution in [0.25, 0.3) is 0 Å². The number of nitrogens with zero attached hydrogens (tertiary/aromatic N) is 2. The lowest BCUT2D eigenvalue weighted by Crippen LogP contribution is -2.49. The van der Waals surface area contributed by atoms with Crippen molar-refractivity contribution < 1.29 is 41.5 Å². The number of hydrogen-bond donors (Lipinski definition) is 3. The van der Waals surface area contributed by atoms with Crippen LogP contribution in [0.4, 0.5) is 13.2 Å². The maximum atomic E-state index is 13.4. The summed E-state index contributed by atoms with van der Waals surface area (Å²) in [5.74, 6) is -1.81. The van der Waals surface area contributed by atoms with E-state index in [1.165, 1.54) is 26.4 Å². The Kier molecular flexibility index (Phi) is 8.10. The van der Waals surface area contributed by atoms with E-state index in [0.717, 1.165) is 24.5 Å². The molecule has 1 aliphatic carbocycles. The van der Waals surface area contributed by atoms with Crippen LogP contribution < -0.4 is 30.6 Å². The van der Waals surface area contributed by atoms with E-state index in [-0.39, 0.29) is 35.4 Å². The molecule has 4 N–H and O–H groups in total. The van der Waals surface area contributed by atoms with E-state index in [1.807, 2.05) is 0 Å². The molecular formula is C23H24F3N5O6. The highest BCUT2D eigenvalue weighted by Gasteiger charge is 2.51. The summed E-state index contributed by atoms with van der Waals surface area (Å²) < 4.78 is 60.0. The summed E-state index contributed by atoms with van der Waals surface area (Å²) in [6, 6.07) is 4.47. The highest BCUT2D eigenvalue weighted by molar-refractivity contribution is 5.99. The largest absolute Gasteiger partial charge is 0.497 e. The number of methoxy groups -OCH3 is 2. The molecule has 1 saturated carbocycles. The van der Waals surface area contributed by atoms with Gasteiger partial charge in [-0.3, -0.25) is 14.6 Å². The third-order valence-electron chi connectivity index (χ3n) is 5.17. The predicted octanol–water partition coefficient (Wildman–Crippen LogP) is 2.55. The molecule has 0 saturated heterocycles. The number of halogens is 3. The molecule has 1 aromatic heterocycles. The van der Waals surface area contributed by atoms with E-state index < -0.39 is 34.8 Å². The van der Waals surface area contributed by atoms with Crippen LogP contribution >= 0.6 is 0 Å². The third kappa shape index (κ3) is 6.80. The van der Waals surface area contributed by atoms with Crippen LogP contribution in [0.3, 0.4) is 0 Å². The number of nitrogens with one attached hydrogen (secondary N) is 2. The number of hydrogen-bond acceptors (Lipinski definition) is 9. The second-order valence-electron chi connectivity index (χ2n) is 7.81. The van der Waals surface area contributed by atoms with Gasteiger partial charge in [-0.2, -0.15) is 13.2 Å². The first kappa shape index (κ1) is 27.1. The Morgan fingerprint density at radius 3 is 2.57 bits per heavy atom. The van der Waals surface area contributed by atoms with Crippen LogP contribution in [-0.2, 0) is 11.0 Å². The molecule has 14 heteroatoms. The topological polar surface area (TPSA) is 150 Å². The van der Waals surface area contributed by atoms with Crippen LogP contribution in [0.15, 0.2) is 58.0 Å². The minimum Gasteiger partial charge on any atom is -0.497 e. The Morgan fingerprint density at radius 2 is 2.00 bits per heavy atom. The zero-order valence-electron chi connectivity index (χ0n) is 19.8. The van der Waals surface area contributed by atoms with Gasteiger partial charge in [0.05, 0.1) is 38.7 Å². The number of alkyl halides is 3. The van der Waals surface area contributed by atoms with Crippen LogP contribution in [0.5, 0.6) is 17.4 Å². The molecule has 1 aliphatic rings. The van der Waals surface area contributed by atoms with Crippen LogP contribution in [0, 0.1) is 0 Å². The first-order valence-corrected chi connectivity index (χ1v) is 10.7. The summed E-state index contributed by atoms with van der Waals surface area (Å²) in [7, 11) is 2.60. The van der Waals surface area contributed by atoms with Crippen molar-refractivity contribution in [3.63, 3.8) is 0 Å². The van der Waals surface area contributed by atoms with Crippen LogP contribution in [0.1, 0.15) is 29.0 Å². The van der Waals surface area contributed by atoms with E-state index in [0.29, 0.717) is 12.8 Å². The SMILES string of the molecule is C=C(CNC(=O)C1(NC(=O)c2cc(OC)no2)CC1)/N=C\C(=C/N)Oc1ccc(OC)cc1C(F)(F)F. The number of ether oxygens (including phenoxy) is 3. The van der Waals surface area contributed by atoms with E-state index >= 15 is 0 Å². The number of amides is 2. The van der Waals surface area contributed by atoms with Crippen molar-refractivity contribution in [2.45, 2.75) is 24.6 Å². The van der Waals surface area contributed by atoms with Gasteiger partial charge in [-0.15, -0.1) is 0 Å². The number of nitrogens with two attached hydrogens (primary N) is 1. The van der Waals surface area contributed by atoms with Crippen molar-refractivity contribution in [2.75, 3.05) is 20.8 Å². The highest BCUT2D eigenvalue weighted by Crippen LogP contribution is 2.39. The maximum absolute atomic E-state index is 13.4. The molecule has 0 spiro atoms. The average molecular weight is 523 g/mol. The second-order valence-corrected chi connectivity index (χ2v) is 7.81. The zero-order valence-corrected chi connectivity index (χ0v) is 19.8. The molecule has 1 heterocycles. The molecule has 0 atom stereocenters. The number of benzene rings is 1. The van der Waals surface area contributed by atoms with Crippen molar-refractivity contribution >= 4 is 18.0 Å². The number of aliphatic imine (C=N–C) groups is 1. The number of carbonyl (C=O) groups excluding carboxylic acids is 2. The Hall–Kier alpha value is -4.49. The van der Waals surface area contributed by atoms with Gasteiger partial charge in [-0.1, -0.05) is 6.58 Å². The lowest BCUT2D eigenvalue weighted by atomic mass is 10.2. The average Bonchev–Trinajstić information content (AvgIpc) is 3.49. The Morgan fingerprint density at radius 1 is 1.27 bits per heavy atom. The Balaban J connectivity index is 1.56. The minimum absolute atomic E-state index is 0.000849. The van der Waals surface area contributed by atoms with Crippen molar-refractivity contribution in [2.24, 2.45) is 10.7 Å². The van der Waals surface area contributed by atoms with Crippen LogP contribution in [0.2, 0.25) is 0 Å². The molecule has 3 rings (SSSR count). The summed E-state index contributed by atoms with van der Waals surface area (Å²) in [5, 5.41) is 8.73. The number of aromatic nitrogens is 1. The van der Waals surface area contributed by atoms with E-state index in [2.05, 4.69) is 27.4 Å². The fraction of sp³-hybridized carbons (Fsp3) is 0.304. The molecule has 0 unspecified atom stereocenters. The van der Waals surface area contributed by atoms with Crippen molar-refractivity contribution in [3.05, 3.63) is 59.8 Å². The van der Waals surface area contributed by atoms with Gasteiger partial charge in [0.15, 0.2) is 5.76 Å². The normalized spacial score (nSPS) is 14.7. The quantitative estimate of drug-likeness (QED) is 0.300. The minimum atomic E-state index is -4.71. The van der Waals surface area contributed by atoms with E-state index in [4.69, 9.17) is 24.5 Å². The van der Waals surface area contributed by atoms with Crippen molar-refractivity contribution in [1.82, 2.24) is 15.8 Å². The molecule has 1 aromatic carbocycles.